The van der Waals surface area contributed by atoms with Gasteiger partial charge < -0.3 is 30.0 Å². The van der Waals surface area contributed by atoms with Gasteiger partial charge in [0.1, 0.15) is 17.9 Å². The number of rotatable bonds is 4. The van der Waals surface area contributed by atoms with Gasteiger partial charge in [-0.1, -0.05) is 11.6 Å². The lowest BCUT2D eigenvalue weighted by atomic mass is 9.86. The zero-order valence-corrected chi connectivity index (χ0v) is 20.9. The smallest absolute Gasteiger partial charge is 0.427 e. The monoisotopic (exact) mass is 529 g/mol. The lowest BCUT2D eigenvalue weighted by molar-refractivity contribution is 0.0593. The number of nitrogens with one attached hydrogen (secondary N) is 3. The molecule has 3 aliphatic rings. The van der Waals surface area contributed by atoms with E-state index in [4.69, 9.17) is 21.1 Å². The van der Waals surface area contributed by atoms with Crippen molar-refractivity contribution in [1.29, 1.82) is 0 Å². The Morgan fingerprint density at radius 3 is 2.61 bits per heavy atom. The predicted octanol–water partition coefficient (Wildman–Crippen LogP) is 2.86. The van der Waals surface area contributed by atoms with Crippen molar-refractivity contribution in [2.75, 3.05) is 13.6 Å². The van der Waals surface area contributed by atoms with Crippen LogP contribution in [0.5, 0.6) is 0 Å². The van der Waals surface area contributed by atoms with Crippen LogP contribution in [0.1, 0.15) is 43.7 Å². The fourth-order valence-electron chi connectivity index (χ4n) is 5.10. The zero-order chi connectivity index (χ0) is 25.0. The van der Waals surface area contributed by atoms with Gasteiger partial charge in [0.2, 0.25) is 0 Å². The van der Waals surface area contributed by atoms with E-state index in [1.807, 2.05) is 13.1 Å². The highest BCUT2D eigenvalue weighted by molar-refractivity contribution is 7.13. The Labute approximate surface area is 215 Å². The standard InChI is InChI=1S/C24H24ClN5O5S/c1-30-5-4-14-20(10-30)36-23(29-14)22(32)28-16-9-19-18(34-24(33)35-19)8-15(16)27-21(31)17-7-11-6-12(25)2-3-13(11)26-17/h2-3,6-7,15-16,18-19,26H,4-5,8-10H2,1H3,(H,27,31)(H,28,32)/t15-,16+,18?,19?/m0/s1. The molecule has 12 heteroatoms. The van der Waals surface area contributed by atoms with Crippen molar-refractivity contribution >= 4 is 51.8 Å². The first-order chi connectivity index (χ1) is 17.3. The number of fused-ring (bicyclic) bond motifs is 3. The van der Waals surface area contributed by atoms with Gasteiger partial charge in [0.25, 0.3) is 11.8 Å². The summed E-state index contributed by atoms with van der Waals surface area (Å²) in [5.41, 5.74) is 2.12. The summed E-state index contributed by atoms with van der Waals surface area (Å²) in [4.78, 5) is 49.0. The van der Waals surface area contributed by atoms with Crippen LogP contribution in [0.15, 0.2) is 24.3 Å². The molecule has 3 N–H and O–H groups in total. The molecule has 36 heavy (non-hydrogen) atoms. The number of nitrogens with zero attached hydrogens (tertiary/aromatic N) is 2. The third kappa shape index (κ3) is 4.42. The number of thiazole rings is 1. The Morgan fingerprint density at radius 1 is 1.14 bits per heavy atom. The van der Waals surface area contributed by atoms with Gasteiger partial charge in [0.05, 0.1) is 17.8 Å². The number of likely N-dealkylation sites (N-methyl/N-ethyl adjacent to an activating group) is 1. The van der Waals surface area contributed by atoms with E-state index in [1.165, 1.54) is 11.3 Å². The third-order valence-corrected chi connectivity index (χ3v) is 8.26. The molecule has 188 valence electrons. The molecule has 10 nitrogen and oxygen atoms in total. The number of carbonyl (C=O) groups excluding carboxylic acids is 3. The van der Waals surface area contributed by atoms with Crippen molar-refractivity contribution in [2.45, 2.75) is 50.1 Å². The molecule has 2 aliphatic heterocycles. The molecule has 1 saturated heterocycles. The Morgan fingerprint density at radius 2 is 1.86 bits per heavy atom. The summed E-state index contributed by atoms with van der Waals surface area (Å²) in [5, 5.41) is 7.83. The van der Waals surface area contributed by atoms with Crippen molar-refractivity contribution in [3.05, 3.63) is 50.6 Å². The molecule has 1 aromatic carbocycles. The Kier molecular flexibility index (Phi) is 5.85. The second kappa shape index (κ2) is 9.06. The minimum atomic E-state index is -0.730. The predicted molar refractivity (Wildman–Crippen MR) is 132 cm³/mol. The van der Waals surface area contributed by atoms with E-state index in [2.05, 4.69) is 25.5 Å². The first kappa shape index (κ1) is 23.3. The normalized spacial score (nSPS) is 25.6. The second-order valence-corrected chi connectivity index (χ2v) is 11.0. The Balaban J connectivity index is 1.21. The summed E-state index contributed by atoms with van der Waals surface area (Å²) in [7, 11) is 2.04. The van der Waals surface area contributed by atoms with Crippen LogP contribution in [0.3, 0.4) is 0 Å². The van der Waals surface area contributed by atoms with Crippen molar-refractivity contribution < 1.29 is 23.9 Å². The highest BCUT2D eigenvalue weighted by Crippen LogP contribution is 2.31. The number of amides is 2. The fourth-order valence-corrected chi connectivity index (χ4v) is 6.37. The quantitative estimate of drug-likeness (QED) is 0.444. The van der Waals surface area contributed by atoms with Crippen LogP contribution >= 0.6 is 22.9 Å². The zero-order valence-electron chi connectivity index (χ0n) is 19.4. The van der Waals surface area contributed by atoms with Crippen LogP contribution in [-0.4, -0.2) is 70.7 Å². The lowest BCUT2D eigenvalue weighted by Crippen LogP contribution is -2.58. The number of H-pyrrole nitrogens is 1. The van der Waals surface area contributed by atoms with Crippen molar-refractivity contribution in [3.8, 4) is 0 Å². The first-order valence-electron chi connectivity index (χ1n) is 11.8. The summed E-state index contributed by atoms with van der Waals surface area (Å²) in [6.07, 6.45) is -0.248. The van der Waals surface area contributed by atoms with E-state index >= 15 is 0 Å². The average molecular weight is 530 g/mol. The summed E-state index contributed by atoms with van der Waals surface area (Å²) in [6, 6.07) is 6.11. The van der Waals surface area contributed by atoms with Gasteiger partial charge in [-0.15, -0.1) is 11.3 Å². The fraction of sp³-hybridized carbons (Fsp3) is 0.417. The summed E-state index contributed by atoms with van der Waals surface area (Å²) in [6.45, 7) is 1.68. The highest BCUT2D eigenvalue weighted by Gasteiger charge is 2.47. The molecule has 0 spiro atoms. The number of aromatic nitrogens is 2. The Bertz CT molecular complexity index is 1370. The number of hydrogen-bond donors (Lipinski definition) is 3. The van der Waals surface area contributed by atoms with Crippen LogP contribution in [0.4, 0.5) is 4.79 Å². The second-order valence-electron chi connectivity index (χ2n) is 9.49. The third-order valence-electron chi connectivity index (χ3n) is 6.94. The molecular formula is C24H24ClN5O5S. The first-order valence-corrected chi connectivity index (χ1v) is 13.0. The van der Waals surface area contributed by atoms with Gasteiger partial charge in [0.15, 0.2) is 5.01 Å². The Hall–Kier alpha value is -3.15. The van der Waals surface area contributed by atoms with E-state index < -0.39 is 30.4 Å². The maximum atomic E-state index is 13.2. The van der Waals surface area contributed by atoms with Crippen molar-refractivity contribution in [3.63, 3.8) is 0 Å². The minimum Gasteiger partial charge on any atom is -0.427 e. The van der Waals surface area contributed by atoms with Gasteiger partial charge in [-0.05, 0) is 31.3 Å². The maximum absolute atomic E-state index is 13.2. The summed E-state index contributed by atoms with van der Waals surface area (Å²) >= 11 is 7.46. The van der Waals surface area contributed by atoms with E-state index in [0.29, 0.717) is 28.6 Å². The average Bonchev–Trinajstić information content (AvgIpc) is 3.54. The summed E-state index contributed by atoms with van der Waals surface area (Å²) in [5.74, 6) is -0.631. The number of benzene rings is 1. The van der Waals surface area contributed by atoms with Crippen LogP contribution in [-0.2, 0) is 22.4 Å². The molecule has 2 unspecified atom stereocenters. The maximum Gasteiger partial charge on any atom is 0.509 e. The number of carbonyl (C=O) groups is 3. The molecule has 0 radical (unpaired) electrons. The molecule has 4 atom stereocenters. The van der Waals surface area contributed by atoms with Crippen molar-refractivity contribution in [2.24, 2.45) is 0 Å². The molecule has 2 amide bonds. The molecular weight excluding hydrogens is 506 g/mol. The van der Waals surface area contributed by atoms with Gasteiger partial charge >= 0.3 is 6.16 Å². The number of hydrogen-bond acceptors (Lipinski definition) is 8. The van der Waals surface area contributed by atoms with Crippen LogP contribution in [0.2, 0.25) is 5.02 Å². The molecule has 1 saturated carbocycles. The van der Waals surface area contributed by atoms with E-state index in [0.717, 1.165) is 41.0 Å². The topological polar surface area (TPSA) is 126 Å². The molecule has 1 aliphatic carbocycles. The molecule has 4 heterocycles. The highest BCUT2D eigenvalue weighted by atomic mass is 35.5. The van der Waals surface area contributed by atoms with E-state index in [9.17, 15) is 14.4 Å². The molecule has 6 rings (SSSR count). The minimum absolute atomic E-state index is 0.301. The van der Waals surface area contributed by atoms with Crippen LogP contribution in [0.25, 0.3) is 10.9 Å². The number of halogens is 1. The van der Waals surface area contributed by atoms with Crippen LogP contribution in [0, 0.1) is 0 Å². The number of aromatic amines is 1. The SMILES string of the molecule is CN1CCc2nc(C(=O)N[C@@H]3CC4OC(=O)OC4C[C@@H]3NC(=O)c3cc4cc(Cl)ccc4[nH]3)sc2C1. The lowest BCUT2D eigenvalue weighted by Gasteiger charge is -2.36. The van der Waals surface area contributed by atoms with Gasteiger partial charge in [-0.3, -0.25) is 9.59 Å². The molecule has 2 aromatic heterocycles. The van der Waals surface area contributed by atoms with Gasteiger partial charge in [-0.25, -0.2) is 9.78 Å². The van der Waals surface area contributed by atoms with Crippen LogP contribution < -0.4 is 10.6 Å². The van der Waals surface area contributed by atoms with Crippen molar-refractivity contribution in [1.82, 2.24) is 25.5 Å². The molecule has 0 bridgehead atoms. The van der Waals surface area contributed by atoms with Gasteiger partial charge in [-0.2, -0.15) is 0 Å². The van der Waals surface area contributed by atoms with E-state index in [1.54, 1.807) is 18.2 Å². The number of ether oxygens (including phenoxy) is 2. The largest absolute Gasteiger partial charge is 0.509 e. The molecule has 2 fully saturated rings. The molecule has 3 aromatic rings. The summed E-state index contributed by atoms with van der Waals surface area (Å²) < 4.78 is 10.6. The van der Waals surface area contributed by atoms with E-state index in [-0.39, 0.29) is 11.8 Å². The van der Waals surface area contributed by atoms with Gasteiger partial charge in [0, 0.05) is 53.2 Å².